The van der Waals surface area contributed by atoms with Crippen molar-refractivity contribution in [3.63, 3.8) is 0 Å². The average Bonchev–Trinajstić information content (AvgIpc) is 3.19. The first-order valence-electron chi connectivity index (χ1n) is 26.3. The first-order chi connectivity index (χ1) is 27.3. The normalized spacial score (nSPS) is 11.6. The van der Waals surface area contributed by atoms with E-state index < -0.39 is 0 Å². The van der Waals surface area contributed by atoms with Crippen LogP contribution in [0.15, 0.2) is 12.1 Å². The van der Waals surface area contributed by atoms with Crippen LogP contribution in [0.1, 0.15) is 314 Å². The fourth-order valence-electron chi connectivity index (χ4n) is 8.88. The molecule has 0 unspecified atom stereocenters. The van der Waals surface area contributed by atoms with E-state index >= 15 is 0 Å². The lowest BCUT2D eigenvalue weighted by Gasteiger charge is -2.09. The largest absolute Gasteiger partial charge is 0.258 e. The zero-order valence-corrected chi connectivity index (χ0v) is 38.6. The summed E-state index contributed by atoms with van der Waals surface area (Å²) in [4.78, 5) is 5.16. The molecule has 1 aromatic rings. The van der Waals surface area contributed by atoms with E-state index in [4.69, 9.17) is 4.98 Å². The summed E-state index contributed by atoms with van der Waals surface area (Å²) >= 11 is 0. The van der Waals surface area contributed by atoms with E-state index in [-0.39, 0.29) is 0 Å². The average molecular weight is 766 g/mol. The molecule has 0 fully saturated rings. The fourth-order valence-corrected chi connectivity index (χ4v) is 8.88. The molecule has 1 heterocycles. The number of aromatic nitrogens is 1. The molecule has 0 aromatic carbocycles. The highest BCUT2D eigenvalue weighted by Gasteiger charge is 2.05. The quantitative estimate of drug-likeness (QED) is 0.0602. The zero-order chi connectivity index (χ0) is 39.4. The Morgan fingerprint density at radius 3 is 0.636 bits per heavy atom. The fraction of sp³-hybridized carbons (Fsp3) is 0.907. The Kier molecular flexibility index (Phi) is 42.0. The van der Waals surface area contributed by atoms with E-state index in [1.807, 2.05) is 0 Å². The molecule has 0 aliphatic rings. The van der Waals surface area contributed by atoms with Gasteiger partial charge >= 0.3 is 0 Å². The smallest absolute Gasteiger partial charge is 0.0409 e. The van der Waals surface area contributed by atoms with E-state index in [0.29, 0.717) is 0 Å². The second-order valence-electron chi connectivity index (χ2n) is 18.4. The maximum Gasteiger partial charge on any atom is 0.0409 e. The minimum Gasteiger partial charge on any atom is -0.258 e. The molecule has 0 bridgehead atoms. The van der Waals surface area contributed by atoms with E-state index in [1.165, 1.54) is 312 Å². The molecule has 0 spiro atoms. The highest BCUT2D eigenvalue weighted by atomic mass is 14.7. The lowest BCUT2D eigenvalue weighted by molar-refractivity contribution is 0.520. The third-order valence-electron chi connectivity index (χ3n) is 12.6. The number of nitrogens with zero attached hydrogens (tertiary/aromatic N) is 1. The molecule has 0 saturated carbocycles. The maximum atomic E-state index is 5.16. The summed E-state index contributed by atoms with van der Waals surface area (Å²) < 4.78 is 0. The third-order valence-corrected chi connectivity index (χ3v) is 12.6. The molecule has 0 saturated heterocycles. The van der Waals surface area contributed by atoms with Gasteiger partial charge in [-0.3, -0.25) is 4.98 Å². The summed E-state index contributed by atoms with van der Waals surface area (Å²) in [6.07, 6.45) is 65.7. The van der Waals surface area contributed by atoms with Crippen LogP contribution in [-0.4, -0.2) is 4.98 Å². The van der Waals surface area contributed by atoms with Crippen LogP contribution < -0.4 is 0 Å². The maximum absolute atomic E-state index is 5.16. The zero-order valence-electron chi connectivity index (χ0n) is 38.6. The Labute approximate surface area is 349 Å². The van der Waals surface area contributed by atoms with Crippen molar-refractivity contribution < 1.29 is 0 Å². The molecule has 1 rings (SSSR count). The lowest BCUT2D eigenvalue weighted by atomic mass is 10.0. The van der Waals surface area contributed by atoms with Gasteiger partial charge in [0.05, 0.1) is 0 Å². The Hall–Kier alpha value is -0.850. The number of unbranched alkanes of at least 4 members (excludes halogenated alkanes) is 40. The van der Waals surface area contributed by atoms with Gasteiger partial charge in [-0.1, -0.05) is 284 Å². The molecule has 1 aromatic heterocycles. The molecule has 55 heavy (non-hydrogen) atoms. The van der Waals surface area contributed by atoms with E-state index in [1.54, 1.807) is 0 Å². The number of pyridine rings is 1. The van der Waals surface area contributed by atoms with Crippen molar-refractivity contribution in [2.24, 2.45) is 0 Å². The Morgan fingerprint density at radius 1 is 0.236 bits per heavy atom. The van der Waals surface area contributed by atoms with Crippen LogP contribution in [-0.2, 0) is 19.3 Å². The minimum atomic E-state index is 1.18. The molecule has 0 amide bonds. The van der Waals surface area contributed by atoms with Crippen molar-refractivity contribution in [3.05, 3.63) is 29.1 Å². The van der Waals surface area contributed by atoms with Crippen molar-refractivity contribution in [2.45, 2.75) is 316 Å². The molecule has 0 N–H and O–H groups in total. The standard InChI is InChI=1S/C54H103N/c1-4-7-9-11-13-15-17-19-21-23-25-27-29-31-33-35-37-39-41-43-45-48-53-50-52(47-6-3)51-54(55-53)49-46-44-42-40-38-36-34-32-30-28-26-24-22-20-18-16-14-12-10-8-5-2/h50-51H,4-49H2,1-3H3. The van der Waals surface area contributed by atoms with Crippen LogP contribution in [0.5, 0.6) is 0 Å². The first kappa shape index (κ1) is 52.2. The first-order valence-corrected chi connectivity index (χ1v) is 26.3. The van der Waals surface area contributed by atoms with Gasteiger partial charge in [0.2, 0.25) is 0 Å². The van der Waals surface area contributed by atoms with Gasteiger partial charge in [0, 0.05) is 11.4 Å². The predicted molar refractivity (Wildman–Crippen MR) is 251 cm³/mol. The number of rotatable bonds is 46. The van der Waals surface area contributed by atoms with Gasteiger partial charge in [0.15, 0.2) is 0 Å². The summed E-state index contributed by atoms with van der Waals surface area (Å²) in [7, 11) is 0. The lowest BCUT2D eigenvalue weighted by Crippen LogP contribution is -2.00. The minimum absolute atomic E-state index is 1.18. The molecule has 1 nitrogen and oxygen atoms in total. The monoisotopic (exact) mass is 766 g/mol. The summed E-state index contributed by atoms with van der Waals surface area (Å²) in [5.74, 6) is 0. The molecule has 0 aliphatic carbocycles. The van der Waals surface area contributed by atoms with Crippen molar-refractivity contribution >= 4 is 0 Å². The Morgan fingerprint density at radius 2 is 0.436 bits per heavy atom. The van der Waals surface area contributed by atoms with Crippen LogP contribution in [0.3, 0.4) is 0 Å². The van der Waals surface area contributed by atoms with Crippen molar-refractivity contribution in [2.75, 3.05) is 0 Å². The summed E-state index contributed by atoms with van der Waals surface area (Å²) in [5.41, 5.74) is 4.29. The molecule has 0 radical (unpaired) electrons. The third kappa shape index (κ3) is 38.4. The van der Waals surface area contributed by atoms with Gasteiger partial charge in [0.1, 0.15) is 0 Å². The van der Waals surface area contributed by atoms with Gasteiger partial charge in [-0.05, 0) is 49.8 Å². The van der Waals surface area contributed by atoms with Gasteiger partial charge < -0.3 is 0 Å². The van der Waals surface area contributed by atoms with Gasteiger partial charge in [-0.15, -0.1) is 0 Å². The SMILES string of the molecule is CCCCCCCCCCCCCCCCCCCCCCCc1cc(CCC)cc(CCCCCCCCCCCCCCCCCCCCCCC)n1. The van der Waals surface area contributed by atoms with Crippen molar-refractivity contribution in [1.82, 2.24) is 4.98 Å². The second-order valence-corrected chi connectivity index (χ2v) is 18.4. The van der Waals surface area contributed by atoms with Gasteiger partial charge in [-0.25, -0.2) is 0 Å². The Balaban J connectivity index is 1.93. The van der Waals surface area contributed by atoms with Gasteiger partial charge in [-0.2, -0.15) is 0 Å². The Bertz CT molecular complexity index is 795. The molecule has 0 aliphatic heterocycles. The van der Waals surface area contributed by atoms with Crippen LogP contribution in [0.4, 0.5) is 0 Å². The highest BCUT2D eigenvalue weighted by Crippen LogP contribution is 2.19. The molecule has 0 atom stereocenters. The van der Waals surface area contributed by atoms with Crippen LogP contribution in [0, 0.1) is 0 Å². The van der Waals surface area contributed by atoms with Crippen LogP contribution in [0.2, 0.25) is 0 Å². The van der Waals surface area contributed by atoms with Crippen LogP contribution in [0.25, 0.3) is 0 Å². The van der Waals surface area contributed by atoms with E-state index in [0.717, 1.165) is 0 Å². The van der Waals surface area contributed by atoms with Crippen molar-refractivity contribution in [1.29, 1.82) is 0 Å². The number of hydrogen-bond donors (Lipinski definition) is 0. The molecular formula is C54H103N. The second kappa shape index (κ2) is 44.3. The molecule has 1 heteroatoms. The molecule has 324 valence electrons. The van der Waals surface area contributed by atoms with E-state index in [9.17, 15) is 0 Å². The number of aryl methyl sites for hydroxylation is 3. The summed E-state index contributed by atoms with van der Waals surface area (Å²) in [6, 6.07) is 4.86. The highest BCUT2D eigenvalue weighted by molar-refractivity contribution is 5.22. The van der Waals surface area contributed by atoms with Crippen LogP contribution >= 0.6 is 0 Å². The predicted octanol–water partition coefficient (Wildman–Crippen LogP) is 19.5. The summed E-state index contributed by atoms with van der Waals surface area (Å²) in [6.45, 7) is 6.94. The summed E-state index contributed by atoms with van der Waals surface area (Å²) in [5, 5.41) is 0. The van der Waals surface area contributed by atoms with E-state index in [2.05, 4.69) is 32.9 Å². The van der Waals surface area contributed by atoms with Crippen molar-refractivity contribution in [3.8, 4) is 0 Å². The van der Waals surface area contributed by atoms with Gasteiger partial charge in [0.25, 0.3) is 0 Å². The topological polar surface area (TPSA) is 12.9 Å². The number of hydrogen-bond acceptors (Lipinski definition) is 1. The molecular weight excluding hydrogens is 663 g/mol.